The highest BCUT2D eigenvalue weighted by molar-refractivity contribution is 6.42. The van der Waals surface area contributed by atoms with Crippen molar-refractivity contribution in [1.29, 1.82) is 0 Å². The molecule has 4 aromatic carbocycles. The molecular formula is C32H16Cl4O9. The SMILES string of the molecule is O=C(O)OC1=Cc2cc(C(=O)c3c(Cl)cccc3Cl)c(OC(=O)O)cc21.O=C(c1ccc(Cl)c(Cl)c1)c1cc2c(cc1O)C=C2. The lowest BCUT2D eigenvalue weighted by Gasteiger charge is -2.21. The van der Waals surface area contributed by atoms with E-state index in [0.29, 0.717) is 26.7 Å². The van der Waals surface area contributed by atoms with Crippen LogP contribution in [-0.2, 0) is 4.74 Å². The zero-order chi connectivity index (χ0) is 32.6. The summed E-state index contributed by atoms with van der Waals surface area (Å²) in [6, 6.07) is 15.0. The van der Waals surface area contributed by atoms with Gasteiger partial charge in [0.25, 0.3) is 0 Å². The molecule has 0 fully saturated rings. The molecule has 0 aromatic heterocycles. The third-order valence-corrected chi connectivity index (χ3v) is 7.97. The second-order valence-electron chi connectivity index (χ2n) is 9.40. The number of hydrogen-bond donors (Lipinski definition) is 3. The number of aromatic hydroxyl groups is 1. The molecule has 0 saturated carbocycles. The standard InChI is InChI=1S/C17H8Cl2O7.C15H8Cl2O2/c18-10-2-1-3-11(19)14(10)15(20)9-4-7-5-12(25-16(21)22)8(7)6-13(9)26-17(23)24;16-12-4-3-10(6-13(12)17)15(19)11-5-8-1-2-9(8)7-14(11)18/h1-6H,(H,21,22)(H,23,24);1-7,18H. The number of ether oxygens (including phenoxy) is 2. The van der Waals surface area contributed by atoms with E-state index >= 15 is 0 Å². The number of phenolic OH excluding ortho intramolecular Hbond substituents is 1. The van der Waals surface area contributed by atoms with Crippen LogP contribution in [0.5, 0.6) is 11.5 Å². The van der Waals surface area contributed by atoms with Gasteiger partial charge in [-0.3, -0.25) is 9.59 Å². The molecule has 0 radical (unpaired) electrons. The smallest absolute Gasteiger partial charge is 0.507 e. The summed E-state index contributed by atoms with van der Waals surface area (Å²) in [7, 11) is 0. The van der Waals surface area contributed by atoms with E-state index < -0.39 is 18.1 Å². The van der Waals surface area contributed by atoms with Crippen LogP contribution in [0, 0.1) is 0 Å². The van der Waals surface area contributed by atoms with E-state index in [1.807, 2.05) is 12.2 Å². The molecule has 0 spiro atoms. The van der Waals surface area contributed by atoms with Gasteiger partial charge in [0.1, 0.15) is 17.3 Å². The first-order valence-electron chi connectivity index (χ1n) is 12.6. The van der Waals surface area contributed by atoms with Crippen molar-refractivity contribution in [2.24, 2.45) is 0 Å². The molecule has 45 heavy (non-hydrogen) atoms. The first-order chi connectivity index (χ1) is 21.3. The summed E-state index contributed by atoms with van der Waals surface area (Å²) in [5, 5.41) is 28.4. The third kappa shape index (κ3) is 6.52. The van der Waals surface area contributed by atoms with Gasteiger partial charge in [-0.25, -0.2) is 9.59 Å². The number of carbonyl (C=O) groups excluding carboxylic acids is 2. The molecular weight excluding hydrogens is 670 g/mol. The van der Waals surface area contributed by atoms with Crippen LogP contribution >= 0.6 is 46.4 Å². The highest BCUT2D eigenvalue weighted by atomic mass is 35.5. The zero-order valence-corrected chi connectivity index (χ0v) is 25.3. The van der Waals surface area contributed by atoms with Crippen LogP contribution in [0.3, 0.4) is 0 Å². The predicted octanol–water partition coefficient (Wildman–Crippen LogP) is 9.20. The Balaban J connectivity index is 0.000000186. The Morgan fingerprint density at radius 2 is 1.24 bits per heavy atom. The normalized spacial score (nSPS) is 11.8. The number of rotatable bonds is 6. The second kappa shape index (κ2) is 12.7. The lowest BCUT2D eigenvalue weighted by atomic mass is 9.90. The fourth-order valence-electron chi connectivity index (χ4n) is 4.42. The van der Waals surface area contributed by atoms with E-state index in [9.17, 15) is 24.3 Å². The molecule has 0 unspecified atom stereocenters. The number of phenols is 1. The fourth-order valence-corrected chi connectivity index (χ4v) is 5.29. The van der Waals surface area contributed by atoms with E-state index in [1.54, 1.807) is 30.3 Å². The molecule has 0 atom stereocenters. The summed E-state index contributed by atoms with van der Waals surface area (Å²) in [6.07, 6.45) is 1.99. The third-order valence-electron chi connectivity index (χ3n) is 6.60. The molecule has 0 amide bonds. The molecule has 0 aliphatic heterocycles. The highest BCUT2D eigenvalue weighted by Crippen LogP contribution is 2.40. The van der Waals surface area contributed by atoms with Gasteiger partial charge < -0.3 is 24.8 Å². The summed E-state index contributed by atoms with van der Waals surface area (Å²) in [4.78, 5) is 46.8. The van der Waals surface area contributed by atoms with E-state index in [1.165, 1.54) is 36.4 Å². The van der Waals surface area contributed by atoms with Gasteiger partial charge in [-0.15, -0.1) is 0 Å². The number of benzene rings is 4. The van der Waals surface area contributed by atoms with Gasteiger partial charge in [-0.2, -0.15) is 0 Å². The molecule has 0 bridgehead atoms. The molecule has 3 N–H and O–H groups in total. The van der Waals surface area contributed by atoms with Crippen molar-refractivity contribution in [3.8, 4) is 11.5 Å². The number of halogens is 4. The molecule has 6 rings (SSSR count). The van der Waals surface area contributed by atoms with Crippen molar-refractivity contribution < 1.29 is 44.0 Å². The Hall–Kier alpha value is -4.80. The quantitative estimate of drug-likeness (QED) is 0.0903. The average molecular weight is 686 g/mol. The lowest BCUT2D eigenvalue weighted by Crippen LogP contribution is -2.14. The van der Waals surface area contributed by atoms with Gasteiger partial charge in [0, 0.05) is 11.1 Å². The molecule has 13 heteroatoms. The van der Waals surface area contributed by atoms with E-state index in [4.69, 9.17) is 56.6 Å². The topological polar surface area (TPSA) is 147 Å². The Labute approximate surface area is 274 Å². The van der Waals surface area contributed by atoms with E-state index in [-0.39, 0.29) is 49.8 Å². The molecule has 4 aromatic rings. The van der Waals surface area contributed by atoms with Crippen molar-refractivity contribution in [2.75, 3.05) is 0 Å². The van der Waals surface area contributed by atoms with Crippen molar-refractivity contribution in [3.05, 3.63) is 125 Å². The minimum Gasteiger partial charge on any atom is -0.507 e. The largest absolute Gasteiger partial charge is 0.511 e. The molecule has 0 saturated heterocycles. The van der Waals surface area contributed by atoms with Crippen molar-refractivity contribution >= 4 is 94.3 Å². The maximum atomic E-state index is 12.8. The maximum absolute atomic E-state index is 12.8. The van der Waals surface area contributed by atoms with Gasteiger partial charge in [0.15, 0.2) is 11.6 Å². The predicted molar refractivity (Wildman–Crippen MR) is 169 cm³/mol. The Kier molecular flexibility index (Phi) is 8.90. The summed E-state index contributed by atoms with van der Waals surface area (Å²) >= 11 is 23.8. The monoisotopic (exact) mass is 684 g/mol. The van der Waals surface area contributed by atoms with Crippen LogP contribution in [-0.4, -0.2) is 39.2 Å². The highest BCUT2D eigenvalue weighted by Gasteiger charge is 2.28. The van der Waals surface area contributed by atoms with Gasteiger partial charge in [-0.05, 0) is 77.4 Å². The first kappa shape index (κ1) is 31.6. The van der Waals surface area contributed by atoms with Crippen LogP contribution in [0.15, 0.2) is 60.7 Å². The molecule has 2 aliphatic rings. The van der Waals surface area contributed by atoms with Crippen molar-refractivity contribution in [3.63, 3.8) is 0 Å². The maximum Gasteiger partial charge on any atom is 0.511 e. The van der Waals surface area contributed by atoms with Crippen molar-refractivity contribution in [1.82, 2.24) is 0 Å². The number of carboxylic acid groups (broad SMARTS) is 2. The second-order valence-corrected chi connectivity index (χ2v) is 11.0. The lowest BCUT2D eigenvalue weighted by molar-refractivity contribution is 0.102. The van der Waals surface area contributed by atoms with Crippen LogP contribution in [0.4, 0.5) is 9.59 Å². The van der Waals surface area contributed by atoms with Gasteiger partial charge in [0.05, 0.1) is 36.8 Å². The van der Waals surface area contributed by atoms with Crippen LogP contribution in [0.1, 0.15) is 54.1 Å². The number of fused-ring (bicyclic) bond motifs is 2. The molecule has 9 nitrogen and oxygen atoms in total. The van der Waals surface area contributed by atoms with Crippen LogP contribution < -0.4 is 4.74 Å². The Morgan fingerprint density at radius 3 is 1.84 bits per heavy atom. The summed E-state index contributed by atoms with van der Waals surface area (Å²) < 4.78 is 9.21. The van der Waals surface area contributed by atoms with E-state index in [0.717, 1.165) is 11.1 Å². The fraction of sp³-hybridized carbons (Fsp3) is 0. The molecule has 226 valence electrons. The number of hydrogen-bond acceptors (Lipinski definition) is 7. The van der Waals surface area contributed by atoms with Gasteiger partial charge in [-0.1, -0.05) is 64.6 Å². The minimum atomic E-state index is -1.65. The molecule has 0 heterocycles. The average Bonchev–Trinajstić information content (AvgIpc) is 2.95. The van der Waals surface area contributed by atoms with E-state index in [2.05, 4.69) is 9.47 Å². The van der Waals surface area contributed by atoms with Crippen LogP contribution in [0.25, 0.3) is 24.0 Å². The number of carbonyl (C=O) groups is 4. The summed E-state index contributed by atoms with van der Waals surface area (Å²) in [5.74, 6) is -1.23. The summed E-state index contributed by atoms with van der Waals surface area (Å²) in [5.41, 5.74) is 3.22. The molecule has 2 aliphatic carbocycles. The van der Waals surface area contributed by atoms with Crippen LogP contribution in [0.2, 0.25) is 20.1 Å². The zero-order valence-electron chi connectivity index (χ0n) is 22.3. The van der Waals surface area contributed by atoms with Gasteiger partial charge in [0.2, 0.25) is 0 Å². The Bertz CT molecular complexity index is 1990. The van der Waals surface area contributed by atoms with Gasteiger partial charge >= 0.3 is 12.3 Å². The number of ketones is 2. The van der Waals surface area contributed by atoms with Crippen molar-refractivity contribution in [2.45, 2.75) is 0 Å². The minimum absolute atomic E-state index is 0.00339. The first-order valence-corrected chi connectivity index (χ1v) is 14.1. The summed E-state index contributed by atoms with van der Waals surface area (Å²) in [6.45, 7) is 0. The Morgan fingerprint density at radius 1 is 0.622 bits per heavy atom.